The molecule has 1 aliphatic heterocycles. The van der Waals surface area contributed by atoms with Crippen LogP contribution in [0.3, 0.4) is 0 Å². The van der Waals surface area contributed by atoms with E-state index in [1.54, 1.807) is 11.8 Å². The van der Waals surface area contributed by atoms with Crippen molar-refractivity contribution in [3.8, 4) is 0 Å². The molecule has 1 aromatic carbocycles. The predicted octanol–water partition coefficient (Wildman–Crippen LogP) is 4.05. The van der Waals surface area contributed by atoms with Gasteiger partial charge in [0.25, 0.3) is 0 Å². The third kappa shape index (κ3) is 3.21. The Bertz CT molecular complexity index is 462. The highest BCUT2D eigenvalue weighted by Crippen LogP contribution is 2.36. The highest BCUT2D eigenvalue weighted by Gasteiger charge is 2.33. The van der Waals surface area contributed by atoms with Gasteiger partial charge in [0.1, 0.15) is 0 Å². The normalized spacial score (nSPS) is 23.9. The molecule has 1 heterocycles. The number of hydrogen-bond donors (Lipinski definition) is 1. The Morgan fingerprint density at radius 1 is 1.28 bits per heavy atom. The number of nitrogens with one attached hydrogen (secondary N) is 1. The van der Waals surface area contributed by atoms with Gasteiger partial charge in [0.05, 0.1) is 5.54 Å². The van der Waals surface area contributed by atoms with E-state index in [0.717, 1.165) is 15.9 Å². The first-order chi connectivity index (χ1) is 8.28. The summed E-state index contributed by atoms with van der Waals surface area (Å²) in [4.78, 5) is 4.83. The summed E-state index contributed by atoms with van der Waals surface area (Å²) in [5, 5.41) is 5.24. The van der Waals surface area contributed by atoms with Gasteiger partial charge in [-0.2, -0.15) is 0 Å². The lowest BCUT2D eigenvalue weighted by Gasteiger charge is -2.22. The van der Waals surface area contributed by atoms with Gasteiger partial charge in [0.2, 0.25) is 0 Å². The fourth-order valence-electron chi connectivity index (χ4n) is 1.84. The molecule has 1 N–H and O–H groups in total. The standard InChI is InChI=1S/C14H19ClN2S/c1-13(2,3)16-12-17-14(4,9-18-12)10-5-7-11(15)8-6-10/h5-8H,9H2,1-4H3,(H,16,17). The zero-order chi connectivity index (χ0) is 13.4. The summed E-state index contributed by atoms with van der Waals surface area (Å²) in [6, 6.07) is 7.98. The summed E-state index contributed by atoms with van der Waals surface area (Å²) in [5.74, 6) is 0.965. The number of rotatable bonds is 1. The molecule has 4 heteroatoms. The average Bonchev–Trinajstić information content (AvgIpc) is 2.59. The molecule has 0 amide bonds. The van der Waals surface area contributed by atoms with Crippen molar-refractivity contribution < 1.29 is 0 Å². The maximum Gasteiger partial charge on any atom is 0.157 e. The van der Waals surface area contributed by atoms with Crippen molar-refractivity contribution >= 4 is 28.5 Å². The van der Waals surface area contributed by atoms with Crippen LogP contribution in [0.25, 0.3) is 0 Å². The molecule has 0 spiro atoms. The molecule has 1 aromatic rings. The molecule has 0 radical (unpaired) electrons. The highest BCUT2D eigenvalue weighted by atomic mass is 35.5. The largest absolute Gasteiger partial charge is 0.360 e. The number of amidine groups is 1. The number of thioether (sulfide) groups is 1. The van der Waals surface area contributed by atoms with Crippen LogP contribution in [0.1, 0.15) is 33.3 Å². The molecule has 0 aliphatic carbocycles. The van der Waals surface area contributed by atoms with E-state index in [-0.39, 0.29) is 11.1 Å². The monoisotopic (exact) mass is 282 g/mol. The Balaban J connectivity index is 2.21. The first-order valence-corrected chi connectivity index (χ1v) is 7.42. The van der Waals surface area contributed by atoms with Gasteiger partial charge in [-0.25, -0.2) is 0 Å². The van der Waals surface area contributed by atoms with E-state index in [9.17, 15) is 0 Å². The minimum Gasteiger partial charge on any atom is -0.360 e. The first kappa shape index (κ1) is 13.8. The van der Waals surface area contributed by atoms with E-state index in [2.05, 4.69) is 45.1 Å². The fraction of sp³-hybridized carbons (Fsp3) is 0.500. The Morgan fingerprint density at radius 3 is 2.44 bits per heavy atom. The number of halogens is 1. The van der Waals surface area contributed by atoms with Crippen molar-refractivity contribution in [3.05, 3.63) is 34.9 Å². The quantitative estimate of drug-likeness (QED) is 0.840. The molecular formula is C14H19ClN2S. The maximum atomic E-state index is 5.93. The van der Waals surface area contributed by atoms with E-state index < -0.39 is 0 Å². The molecule has 18 heavy (non-hydrogen) atoms. The second kappa shape index (κ2) is 4.78. The average molecular weight is 283 g/mol. The Morgan fingerprint density at radius 2 is 1.89 bits per heavy atom. The lowest BCUT2D eigenvalue weighted by Crippen LogP contribution is -2.38. The minimum atomic E-state index is -0.150. The summed E-state index contributed by atoms with van der Waals surface area (Å²) in [5.41, 5.74) is 1.12. The van der Waals surface area contributed by atoms with Crippen LogP contribution in [-0.4, -0.2) is 16.5 Å². The molecule has 0 saturated carbocycles. The van der Waals surface area contributed by atoms with Gasteiger partial charge in [0.15, 0.2) is 5.17 Å². The van der Waals surface area contributed by atoms with Gasteiger partial charge in [0, 0.05) is 16.3 Å². The SMILES string of the molecule is CC(C)(C)NC1=NC(C)(c2ccc(Cl)cc2)CS1. The highest BCUT2D eigenvalue weighted by molar-refractivity contribution is 8.14. The van der Waals surface area contributed by atoms with E-state index in [0.29, 0.717) is 0 Å². The molecule has 0 bridgehead atoms. The molecule has 2 nitrogen and oxygen atoms in total. The zero-order valence-electron chi connectivity index (χ0n) is 11.2. The zero-order valence-corrected chi connectivity index (χ0v) is 12.8. The van der Waals surface area contributed by atoms with Crippen LogP contribution in [0.5, 0.6) is 0 Å². The van der Waals surface area contributed by atoms with Gasteiger partial charge >= 0.3 is 0 Å². The first-order valence-electron chi connectivity index (χ1n) is 6.05. The fourth-order valence-corrected chi connectivity index (χ4v) is 3.26. The van der Waals surface area contributed by atoms with Crippen molar-refractivity contribution in [1.29, 1.82) is 0 Å². The maximum absolute atomic E-state index is 5.93. The summed E-state index contributed by atoms with van der Waals surface area (Å²) >= 11 is 7.71. The van der Waals surface area contributed by atoms with Crippen molar-refractivity contribution in [2.45, 2.75) is 38.8 Å². The smallest absolute Gasteiger partial charge is 0.157 e. The summed E-state index contributed by atoms with van der Waals surface area (Å²) in [7, 11) is 0. The number of nitrogens with zero attached hydrogens (tertiary/aromatic N) is 1. The molecule has 0 saturated heterocycles. The van der Waals surface area contributed by atoms with Crippen molar-refractivity contribution in [1.82, 2.24) is 5.32 Å². The Hall–Kier alpha value is -0.670. The van der Waals surface area contributed by atoms with Crippen molar-refractivity contribution in [2.75, 3.05) is 5.75 Å². The van der Waals surface area contributed by atoms with Crippen molar-refractivity contribution in [3.63, 3.8) is 0 Å². The van der Waals surface area contributed by atoms with E-state index in [4.69, 9.17) is 16.6 Å². The van der Waals surface area contributed by atoms with Crippen molar-refractivity contribution in [2.24, 2.45) is 4.99 Å². The molecule has 1 unspecified atom stereocenters. The molecule has 1 atom stereocenters. The molecule has 0 fully saturated rings. The van der Waals surface area contributed by atoms with Gasteiger partial charge in [-0.15, -0.1) is 0 Å². The Labute approximate surface area is 118 Å². The topological polar surface area (TPSA) is 24.4 Å². The van der Waals surface area contributed by atoms with Crippen LogP contribution in [0.2, 0.25) is 5.02 Å². The van der Waals surface area contributed by atoms with E-state index >= 15 is 0 Å². The predicted molar refractivity (Wildman–Crippen MR) is 81.6 cm³/mol. The van der Waals surface area contributed by atoms with Crippen LogP contribution in [0.15, 0.2) is 29.3 Å². The second-order valence-electron chi connectivity index (χ2n) is 5.86. The lowest BCUT2D eigenvalue weighted by molar-refractivity contribution is 0.508. The summed E-state index contributed by atoms with van der Waals surface area (Å²) in [6.45, 7) is 8.61. The lowest BCUT2D eigenvalue weighted by atomic mass is 9.95. The molecule has 0 aromatic heterocycles. The third-order valence-electron chi connectivity index (χ3n) is 2.79. The van der Waals surface area contributed by atoms with Gasteiger partial charge in [-0.3, -0.25) is 4.99 Å². The third-order valence-corrected chi connectivity index (χ3v) is 4.21. The number of benzene rings is 1. The van der Waals surface area contributed by atoms with Gasteiger partial charge < -0.3 is 5.32 Å². The molecular weight excluding hydrogens is 264 g/mol. The second-order valence-corrected chi connectivity index (χ2v) is 7.26. The number of aliphatic imine (C=N–C) groups is 1. The summed E-state index contributed by atoms with van der Waals surface area (Å²) < 4.78 is 0. The van der Waals surface area contributed by atoms with Crippen LogP contribution in [0, 0.1) is 0 Å². The minimum absolute atomic E-state index is 0.0527. The van der Waals surface area contributed by atoms with Gasteiger partial charge in [-0.05, 0) is 45.4 Å². The Kier molecular flexibility index (Phi) is 3.65. The molecule has 1 aliphatic rings. The molecule has 98 valence electrons. The summed E-state index contributed by atoms with van der Waals surface area (Å²) in [6.07, 6.45) is 0. The van der Waals surface area contributed by atoms with E-state index in [1.807, 2.05) is 12.1 Å². The number of hydrogen-bond acceptors (Lipinski definition) is 3. The van der Waals surface area contributed by atoms with Gasteiger partial charge in [-0.1, -0.05) is 35.5 Å². The molecule has 2 rings (SSSR count). The van der Waals surface area contributed by atoms with E-state index in [1.165, 1.54) is 5.56 Å². The van der Waals surface area contributed by atoms with Crippen LogP contribution < -0.4 is 5.32 Å². The van der Waals surface area contributed by atoms with Crippen LogP contribution in [0.4, 0.5) is 0 Å². The van der Waals surface area contributed by atoms with Crippen LogP contribution in [-0.2, 0) is 5.54 Å². The van der Waals surface area contributed by atoms with Crippen LogP contribution >= 0.6 is 23.4 Å².